The van der Waals surface area contributed by atoms with Gasteiger partial charge in [-0.25, -0.2) is 0 Å². The van der Waals surface area contributed by atoms with E-state index in [1.165, 1.54) is 31.4 Å². The van der Waals surface area contributed by atoms with Crippen molar-refractivity contribution in [3.63, 3.8) is 0 Å². The Kier molecular flexibility index (Phi) is 4.61. The number of hydrogen-bond donors (Lipinski definition) is 1. The minimum absolute atomic E-state index is 0.810. The van der Waals surface area contributed by atoms with E-state index in [-0.39, 0.29) is 0 Å². The van der Waals surface area contributed by atoms with Crippen molar-refractivity contribution in [2.24, 2.45) is 5.92 Å². The molecular weight excluding hydrogens is 206 g/mol. The van der Waals surface area contributed by atoms with Gasteiger partial charge in [0.1, 0.15) is 0 Å². The Balaban J connectivity index is 1.88. The van der Waals surface area contributed by atoms with Gasteiger partial charge in [-0.2, -0.15) is 0 Å². The molecule has 1 aromatic rings. The van der Waals surface area contributed by atoms with Gasteiger partial charge >= 0.3 is 0 Å². The van der Waals surface area contributed by atoms with E-state index in [1.807, 2.05) is 0 Å². The van der Waals surface area contributed by atoms with Crippen molar-refractivity contribution in [2.75, 3.05) is 13.1 Å². The van der Waals surface area contributed by atoms with Crippen molar-refractivity contribution in [3.8, 4) is 0 Å². The fourth-order valence-corrected chi connectivity index (χ4v) is 2.72. The van der Waals surface area contributed by atoms with Gasteiger partial charge in [-0.05, 0) is 61.7 Å². The maximum absolute atomic E-state index is 3.56. The molecule has 0 amide bonds. The lowest BCUT2D eigenvalue weighted by Crippen LogP contribution is -2.34. The van der Waals surface area contributed by atoms with Crippen LogP contribution in [-0.4, -0.2) is 13.1 Å². The summed E-state index contributed by atoms with van der Waals surface area (Å²) in [5.74, 6) is 1.68. The van der Waals surface area contributed by atoms with E-state index in [1.54, 1.807) is 5.56 Å². The Morgan fingerprint density at radius 3 is 2.41 bits per heavy atom. The highest BCUT2D eigenvalue weighted by Crippen LogP contribution is 2.42. The molecule has 1 aliphatic carbocycles. The monoisotopic (exact) mass is 231 g/mol. The fourth-order valence-electron chi connectivity index (χ4n) is 2.72. The van der Waals surface area contributed by atoms with Crippen LogP contribution in [0.2, 0.25) is 0 Å². The van der Waals surface area contributed by atoms with Crippen LogP contribution in [-0.2, 0) is 6.42 Å². The summed E-state index contributed by atoms with van der Waals surface area (Å²) < 4.78 is 0. The molecule has 2 unspecified atom stereocenters. The molecule has 0 heterocycles. The third-order valence-electron chi connectivity index (χ3n) is 4.07. The zero-order valence-electron chi connectivity index (χ0n) is 11.2. The van der Waals surface area contributed by atoms with Crippen LogP contribution in [0.4, 0.5) is 0 Å². The summed E-state index contributed by atoms with van der Waals surface area (Å²) in [7, 11) is 0. The van der Waals surface area contributed by atoms with Crippen LogP contribution in [0.25, 0.3) is 0 Å². The first-order valence-electron chi connectivity index (χ1n) is 7.14. The van der Waals surface area contributed by atoms with Gasteiger partial charge in [-0.1, -0.05) is 38.1 Å². The molecule has 0 spiro atoms. The van der Waals surface area contributed by atoms with Crippen LogP contribution in [0.1, 0.15) is 50.2 Å². The van der Waals surface area contributed by atoms with Crippen molar-refractivity contribution in [2.45, 2.75) is 45.4 Å². The van der Waals surface area contributed by atoms with E-state index in [2.05, 4.69) is 43.4 Å². The average Bonchev–Trinajstić information content (AvgIpc) is 2.34. The van der Waals surface area contributed by atoms with Crippen LogP contribution in [0, 0.1) is 5.92 Å². The minimum atomic E-state index is 0.810. The predicted octanol–water partition coefficient (Wildman–Crippen LogP) is 3.74. The third-order valence-corrected chi connectivity index (χ3v) is 4.07. The third kappa shape index (κ3) is 3.10. The van der Waals surface area contributed by atoms with E-state index in [4.69, 9.17) is 0 Å². The molecule has 1 heteroatoms. The average molecular weight is 231 g/mol. The molecule has 1 saturated carbocycles. The van der Waals surface area contributed by atoms with Gasteiger partial charge in [0.15, 0.2) is 0 Å². The van der Waals surface area contributed by atoms with Gasteiger partial charge in [-0.15, -0.1) is 0 Å². The van der Waals surface area contributed by atoms with Crippen molar-refractivity contribution in [1.82, 2.24) is 5.32 Å². The number of hydrogen-bond acceptors (Lipinski definition) is 1. The normalized spacial score (nSPS) is 23.4. The molecule has 1 nitrogen and oxygen atoms in total. The van der Waals surface area contributed by atoms with Crippen molar-refractivity contribution in [1.29, 1.82) is 0 Å². The molecule has 0 bridgehead atoms. The summed E-state index contributed by atoms with van der Waals surface area (Å²) in [5.41, 5.74) is 3.01. The second kappa shape index (κ2) is 6.20. The van der Waals surface area contributed by atoms with Crippen molar-refractivity contribution < 1.29 is 0 Å². The van der Waals surface area contributed by atoms with Gasteiger partial charge in [0, 0.05) is 0 Å². The van der Waals surface area contributed by atoms with Gasteiger partial charge < -0.3 is 5.32 Å². The molecule has 17 heavy (non-hydrogen) atoms. The van der Waals surface area contributed by atoms with Crippen LogP contribution in [0.3, 0.4) is 0 Å². The Morgan fingerprint density at radius 2 is 1.88 bits per heavy atom. The van der Waals surface area contributed by atoms with E-state index in [0.717, 1.165) is 24.8 Å². The van der Waals surface area contributed by atoms with Gasteiger partial charge in [0.2, 0.25) is 0 Å². The predicted molar refractivity (Wildman–Crippen MR) is 74.4 cm³/mol. The van der Waals surface area contributed by atoms with E-state index in [9.17, 15) is 0 Å². The van der Waals surface area contributed by atoms with Crippen LogP contribution in [0.15, 0.2) is 24.3 Å². The zero-order chi connectivity index (χ0) is 12.1. The molecule has 1 N–H and O–H groups in total. The van der Waals surface area contributed by atoms with Crippen LogP contribution < -0.4 is 5.32 Å². The molecular formula is C16H25N. The Bertz CT molecular complexity index is 328. The van der Waals surface area contributed by atoms with E-state index in [0.29, 0.717) is 0 Å². The molecule has 1 fully saturated rings. The summed E-state index contributed by atoms with van der Waals surface area (Å²) in [5, 5.41) is 3.56. The second-order valence-corrected chi connectivity index (χ2v) is 5.24. The number of nitrogens with one attached hydrogen (secondary N) is 1. The SMILES string of the molecule is CCCNCC1CCC1c1ccc(CC)cc1. The highest BCUT2D eigenvalue weighted by atomic mass is 14.9. The first-order chi connectivity index (χ1) is 8.35. The summed E-state index contributed by atoms with van der Waals surface area (Å²) in [4.78, 5) is 0. The van der Waals surface area contributed by atoms with Crippen LogP contribution in [0.5, 0.6) is 0 Å². The summed E-state index contributed by atoms with van der Waals surface area (Å²) in [6.45, 7) is 6.82. The lowest BCUT2D eigenvalue weighted by Gasteiger charge is -2.37. The number of rotatable bonds is 6. The van der Waals surface area contributed by atoms with Crippen molar-refractivity contribution in [3.05, 3.63) is 35.4 Å². The molecule has 1 aromatic carbocycles. The first-order valence-corrected chi connectivity index (χ1v) is 7.14. The molecule has 0 aliphatic heterocycles. The van der Waals surface area contributed by atoms with E-state index < -0.39 is 0 Å². The largest absolute Gasteiger partial charge is 0.316 e. The van der Waals surface area contributed by atoms with Gasteiger partial charge in [-0.3, -0.25) is 0 Å². The zero-order valence-corrected chi connectivity index (χ0v) is 11.2. The molecule has 94 valence electrons. The molecule has 2 atom stereocenters. The molecule has 1 aliphatic rings. The van der Waals surface area contributed by atoms with Crippen LogP contribution >= 0.6 is 0 Å². The molecule has 0 radical (unpaired) electrons. The Morgan fingerprint density at radius 1 is 1.12 bits per heavy atom. The highest BCUT2D eigenvalue weighted by molar-refractivity contribution is 5.27. The maximum Gasteiger partial charge on any atom is -0.00147 e. The van der Waals surface area contributed by atoms with Crippen molar-refractivity contribution >= 4 is 0 Å². The highest BCUT2D eigenvalue weighted by Gasteiger charge is 2.31. The lowest BCUT2D eigenvalue weighted by molar-refractivity contribution is 0.246. The summed E-state index contributed by atoms with van der Waals surface area (Å²) in [6.07, 6.45) is 5.16. The first kappa shape index (κ1) is 12.6. The quantitative estimate of drug-likeness (QED) is 0.735. The molecule has 2 rings (SSSR count). The maximum atomic E-state index is 3.56. The Labute approximate surface area is 106 Å². The standard InChI is InChI=1S/C16H25N/c1-3-11-17-12-15-9-10-16(15)14-7-5-13(4-2)6-8-14/h5-8,15-17H,3-4,9-12H2,1-2H3. The smallest absolute Gasteiger partial charge is 0.00147 e. The Hall–Kier alpha value is -0.820. The molecule has 0 aromatic heterocycles. The number of aryl methyl sites for hydroxylation is 1. The van der Waals surface area contributed by atoms with Gasteiger partial charge in [0.25, 0.3) is 0 Å². The number of benzene rings is 1. The van der Waals surface area contributed by atoms with Gasteiger partial charge in [0.05, 0.1) is 0 Å². The summed E-state index contributed by atoms with van der Waals surface area (Å²) in [6, 6.07) is 9.28. The summed E-state index contributed by atoms with van der Waals surface area (Å²) >= 11 is 0. The molecule has 0 saturated heterocycles. The fraction of sp³-hybridized carbons (Fsp3) is 0.625. The second-order valence-electron chi connectivity index (χ2n) is 5.24. The van der Waals surface area contributed by atoms with E-state index >= 15 is 0 Å². The lowest BCUT2D eigenvalue weighted by atomic mass is 9.70. The minimum Gasteiger partial charge on any atom is -0.316 e. The topological polar surface area (TPSA) is 12.0 Å².